The van der Waals surface area contributed by atoms with E-state index in [0.717, 1.165) is 19.3 Å². The van der Waals surface area contributed by atoms with E-state index in [0.29, 0.717) is 25.4 Å². The normalized spacial score (nSPS) is 30.0. The average molecular weight is 456 g/mol. The predicted octanol–water partition coefficient (Wildman–Crippen LogP) is 4.67. The van der Waals surface area contributed by atoms with Crippen LogP contribution in [0.15, 0.2) is 0 Å². The Balaban J connectivity index is 1.87. The molecule has 186 valence electrons. The summed E-state index contributed by atoms with van der Waals surface area (Å²) in [4.78, 5) is 37.5. The van der Waals surface area contributed by atoms with Gasteiger partial charge in [-0.2, -0.15) is 4.89 Å². The zero-order chi connectivity index (χ0) is 24.4. The second-order valence-electron chi connectivity index (χ2n) is 12.2. The molecule has 0 aromatic rings. The van der Waals surface area contributed by atoms with E-state index < -0.39 is 11.6 Å². The van der Waals surface area contributed by atoms with Gasteiger partial charge in [0.05, 0.1) is 19.3 Å². The van der Waals surface area contributed by atoms with Crippen molar-refractivity contribution in [3.63, 3.8) is 0 Å². The molecule has 0 aromatic heterocycles. The van der Waals surface area contributed by atoms with Gasteiger partial charge in [0, 0.05) is 11.1 Å². The molecule has 2 atom stereocenters. The van der Waals surface area contributed by atoms with E-state index in [9.17, 15) is 9.59 Å². The molecule has 0 aromatic carbocycles. The van der Waals surface area contributed by atoms with Crippen LogP contribution in [0.1, 0.15) is 94.4 Å². The van der Waals surface area contributed by atoms with E-state index in [1.807, 2.05) is 13.8 Å². The van der Waals surface area contributed by atoms with E-state index in [-0.39, 0.29) is 41.7 Å². The number of rotatable bonds is 8. The highest BCUT2D eigenvalue weighted by atomic mass is 17.2. The summed E-state index contributed by atoms with van der Waals surface area (Å²) in [6.45, 7) is 19.3. The van der Waals surface area contributed by atoms with Crippen molar-refractivity contribution < 1.29 is 28.8 Å². The standard InChI is InChI=1S/C25H45NO6/c1-10-29-20(27)15-26-23(5,6)13-19(14-24(26,7)8)30-16-21(28)31-32-25(9)12-18(2)11-22(3,4)17-25/h18-19H,10-17H2,1-9H3. The zero-order valence-electron chi connectivity index (χ0n) is 21.7. The van der Waals surface area contributed by atoms with Crippen molar-refractivity contribution in [2.45, 2.75) is 117 Å². The fourth-order valence-corrected chi connectivity index (χ4v) is 6.44. The molecule has 7 heteroatoms. The summed E-state index contributed by atoms with van der Waals surface area (Å²) in [7, 11) is 0. The lowest BCUT2D eigenvalue weighted by Gasteiger charge is -2.54. The van der Waals surface area contributed by atoms with Crippen LogP contribution in [0.5, 0.6) is 0 Å². The number of hydrogen-bond donors (Lipinski definition) is 0. The maximum absolute atomic E-state index is 12.4. The van der Waals surface area contributed by atoms with E-state index >= 15 is 0 Å². The van der Waals surface area contributed by atoms with Crippen LogP contribution in [0.25, 0.3) is 0 Å². The van der Waals surface area contributed by atoms with Crippen molar-refractivity contribution >= 4 is 11.9 Å². The molecule has 1 saturated heterocycles. The van der Waals surface area contributed by atoms with Crippen LogP contribution in [-0.2, 0) is 28.8 Å². The van der Waals surface area contributed by atoms with Gasteiger partial charge in [-0.1, -0.05) is 20.8 Å². The monoisotopic (exact) mass is 455 g/mol. The third-order valence-corrected chi connectivity index (χ3v) is 6.81. The van der Waals surface area contributed by atoms with Crippen LogP contribution < -0.4 is 0 Å². The number of carbonyl (C=O) groups is 2. The molecule has 1 aliphatic carbocycles. The second-order valence-corrected chi connectivity index (χ2v) is 12.2. The SMILES string of the molecule is CCOC(=O)CN1C(C)(C)CC(OCC(=O)OOC2(C)CC(C)CC(C)(C)C2)CC1(C)C. The third kappa shape index (κ3) is 7.42. The quantitative estimate of drug-likeness (QED) is 0.299. The maximum Gasteiger partial charge on any atom is 0.367 e. The number of piperidine rings is 1. The largest absolute Gasteiger partial charge is 0.465 e. The number of nitrogens with zero attached hydrogens (tertiary/aromatic N) is 1. The van der Waals surface area contributed by atoms with Gasteiger partial charge in [0.25, 0.3) is 0 Å². The van der Waals surface area contributed by atoms with Crippen LogP contribution in [-0.4, -0.2) is 59.4 Å². The molecule has 2 fully saturated rings. The van der Waals surface area contributed by atoms with E-state index in [1.54, 1.807) is 0 Å². The lowest BCUT2D eigenvalue weighted by Crippen LogP contribution is -2.63. The Morgan fingerprint density at radius 2 is 1.50 bits per heavy atom. The molecular weight excluding hydrogens is 410 g/mol. The third-order valence-electron chi connectivity index (χ3n) is 6.81. The number of carbonyl (C=O) groups excluding carboxylic acids is 2. The molecule has 2 unspecified atom stereocenters. The van der Waals surface area contributed by atoms with Crippen LogP contribution in [0, 0.1) is 11.3 Å². The first-order valence-corrected chi connectivity index (χ1v) is 12.0. The predicted molar refractivity (Wildman–Crippen MR) is 123 cm³/mol. The topological polar surface area (TPSA) is 74.3 Å². The summed E-state index contributed by atoms with van der Waals surface area (Å²) in [6, 6.07) is 0. The molecule has 2 rings (SSSR count). The Hall–Kier alpha value is -1.18. The van der Waals surface area contributed by atoms with Crippen molar-refractivity contribution in [1.82, 2.24) is 4.90 Å². The molecule has 7 nitrogen and oxygen atoms in total. The molecule has 1 aliphatic heterocycles. The number of likely N-dealkylation sites (tertiary alicyclic amines) is 1. The van der Waals surface area contributed by atoms with Crippen LogP contribution in [0.2, 0.25) is 0 Å². The summed E-state index contributed by atoms with van der Waals surface area (Å²) >= 11 is 0. The van der Waals surface area contributed by atoms with Crippen molar-refractivity contribution in [3.05, 3.63) is 0 Å². The molecule has 0 spiro atoms. The van der Waals surface area contributed by atoms with Crippen molar-refractivity contribution in [2.75, 3.05) is 19.8 Å². The zero-order valence-corrected chi connectivity index (χ0v) is 21.7. The number of hydrogen-bond acceptors (Lipinski definition) is 7. The van der Waals surface area contributed by atoms with Crippen LogP contribution in [0.4, 0.5) is 0 Å². The first-order valence-electron chi connectivity index (χ1n) is 12.0. The van der Waals surface area contributed by atoms with Gasteiger partial charge in [-0.25, -0.2) is 4.79 Å². The summed E-state index contributed by atoms with van der Waals surface area (Å²) in [5.41, 5.74) is -0.878. The van der Waals surface area contributed by atoms with Gasteiger partial charge in [-0.15, -0.1) is 0 Å². The minimum Gasteiger partial charge on any atom is -0.465 e. The molecule has 0 radical (unpaired) electrons. The average Bonchev–Trinajstić information content (AvgIpc) is 2.59. The minimum atomic E-state index is -0.508. The van der Waals surface area contributed by atoms with Gasteiger partial charge in [0.15, 0.2) is 0 Å². The molecule has 0 bridgehead atoms. The summed E-state index contributed by atoms with van der Waals surface area (Å²) in [6.07, 6.45) is 4.14. The molecule has 2 aliphatic rings. The highest BCUT2D eigenvalue weighted by Gasteiger charge is 2.47. The Morgan fingerprint density at radius 3 is 2.03 bits per heavy atom. The molecule has 1 saturated carbocycles. The van der Waals surface area contributed by atoms with Crippen LogP contribution in [0.3, 0.4) is 0 Å². The van der Waals surface area contributed by atoms with E-state index in [4.69, 9.17) is 19.2 Å². The van der Waals surface area contributed by atoms with Gasteiger partial charge in [0.2, 0.25) is 0 Å². The van der Waals surface area contributed by atoms with E-state index in [2.05, 4.69) is 53.4 Å². The van der Waals surface area contributed by atoms with Crippen molar-refractivity contribution in [2.24, 2.45) is 11.3 Å². The molecule has 32 heavy (non-hydrogen) atoms. The highest BCUT2D eigenvalue weighted by Crippen LogP contribution is 2.45. The summed E-state index contributed by atoms with van der Waals surface area (Å²) in [5, 5.41) is 0. The van der Waals surface area contributed by atoms with Crippen molar-refractivity contribution in [1.29, 1.82) is 0 Å². The van der Waals surface area contributed by atoms with Gasteiger partial charge in [0.1, 0.15) is 12.2 Å². The second kappa shape index (κ2) is 9.98. The van der Waals surface area contributed by atoms with E-state index in [1.165, 1.54) is 0 Å². The van der Waals surface area contributed by atoms with Gasteiger partial charge < -0.3 is 9.47 Å². The van der Waals surface area contributed by atoms with Crippen LogP contribution >= 0.6 is 0 Å². The fraction of sp³-hybridized carbons (Fsp3) is 0.920. The maximum atomic E-state index is 12.4. The van der Waals surface area contributed by atoms with Crippen molar-refractivity contribution in [3.8, 4) is 0 Å². The molecule has 0 N–H and O–H groups in total. The molecule has 1 heterocycles. The van der Waals surface area contributed by atoms with Gasteiger partial charge in [-0.05, 0) is 85.0 Å². The fourth-order valence-electron chi connectivity index (χ4n) is 6.44. The smallest absolute Gasteiger partial charge is 0.367 e. The minimum absolute atomic E-state index is 0.116. The summed E-state index contributed by atoms with van der Waals surface area (Å²) in [5.74, 6) is -0.211. The Bertz CT molecular complexity index is 655. The van der Waals surface area contributed by atoms with Gasteiger partial charge >= 0.3 is 11.9 Å². The Morgan fingerprint density at radius 1 is 0.906 bits per heavy atom. The number of esters is 1. The molecule has 0 amide bonds. The Kier molecular flexibility index (Phi) is 8.44. The Labute approximate surface area is 194 Å². The van der Waals surface area contributed by atoms with Gasteiger partial charge in [-0.3, -0.25) is 14.6 Å². The first-order chi connectivity index (χ1) is 14.6. The summed E-state index contributed by atoms with van der Waals surface area (Å²) < 4.78 is 11.1. The lowest BCUT2D eigenvalue weighted by atomic mass is 9.66. The molecular formula is C25H45NO6. The number of ether oxygens (including phenoxy) is 2. The highest BCUT2D eigenvalue weighted by molar-refractivity contribution is 5.72. The lowest BCUT2D eigenvalue weighted by molar-refractivity contribution is -0.344. The first kappa shape index (κ1) is 27.1.